The molecule has 4 aromatic rings. The largest absolute Gasteiger partial charge is 0.496 e. The third-order valence-electron chi connectivity index (χ3n) is 9.18. The maximum Gasteiger partial charge on any atom is 0.333 e. The maximum absolute atomic E-state index is 13.7. The number of hydrogen-bond donors (Lipinski definition) is 0. The smallest absolute Gasteiger partial charge is 0.333 e. The van der Waals surface area contributed by atoms with Crippen LogP contribution in [0.5, 0.6) is 5.75 Å². The van der Waals surface area contributed by atoms with Crippen LogP contribution in [0.4, 0.5) is 0 Å². The molecule has 0 spiro atoms. The predicted octanol–water partition coefficient (Wildman–Crippen LogP) is 10.5. The number of carbonyl (C=O) groups excluding carboxylic acids is 1. The van der Waals surface area contributed by atoms with Gasteiger partial charge in [0.25, 0.3) is 0 Å². The molecule has 0 saturated carbocycles. The molecule has 0 fully saturated rings. The van der Waals surface area contributed by atoms with Gasteiger partial charge in [0.2, 0.25) is 9.84 Å². The van der Waals surface area contributed by atoms with Crippen molar-refractivity contribution < 1.29 is 36.9 Å². The Morgan fingerprint density at radius 2 is 1.05 bits per heavy atom. The highest BCUT2D eigenvalue weighted by atomic mass is 32.2. The van der Waals surface area contributed by atoms with Gasteiger partial charge >= 0.3 is 5.97 Å². The Balaban J connectivity index is 1.41. The Morgan fingerprint density at radius 1 is 0.607 bits per heavy atom. The third-order valence-corrected chi connectivity index (χ3v) is 11.0. The standard InChI is InChI=1S/C47H56O8S/c1-32(2)35(6)54-30-46(7,8)28-53-27-41-25-39(18-23-44(41)51-11)37-16-21-43(22-17-37)56(49,50)42-19-14-36(15-20-42)38-13-12-34(5)40(24-38)26-52-29-47(9,10)31-55-45(48)33(3)4/h12-25H,1,3,6,26-31H2,2,4-5,7-11H3. The number of hydrogen-bond acceptors (Lipinski definition) is 8. The second-order valence-electron chi connectivity index (χ2n) is 15.9. The number of carbonyl (C=O) groups is 1. The minimum Gasteiger partial charge on any atom is -0.496 e. The van der Waals surface area contributed by atoms with Crippen LogP contribution >= 0.6 is 0 Å². The lowest BCUT2D eigenvalue weighted by atomic mass is 9.96. The summed E-state index contributed by atoms with van der Waals surface area (Å²) in [6.45, 7) is 27.2. The summed E-state index contributed by atoms with van der Waals surface area (Å²) >= 11 is 0. The third kappa shape index (κ3) is 12.0. The van der Waals surface area contributed by atoms with Crippen LogP contribution < -0.4 is 4.74 Å². The summed E-state index contributed by atoms with van der Waals surface area (Å²) in [6, 6.07) is 25.8. The topological polar surface area (TPSA) is 97.4 Å². The van der Waals surface area contributed by atoms with Crippen LogP contribution in [0, 0.1) is 17.8 Å². The molecule has 0 aromatic heterocycles. The number of esters is 1. The van der Waals surface area contributed by atoms with Crippen molar-refractivity contribution in [2.45, 2.75) is 71.5 Å². The van der Waals surface area contributed by atoms with E-state index < -0.39 is 15.8 Å². The minimum atomic E-state index is -3.77. The quantitative estimate of drug-likeness (QED) is 0.0378. The Bertz CT molecular complexity index is 2140. The summed E-state index contributed by atoms with van der Waals surface area (Å²) < 4.78 is 56.2. The summed E-state index contributed by atoms with van der Waals surface area (Å²) in [7, 11) is -2.15. The van der Waals surface area contributed by atoms with E-state index in [0.29, 0.717) is 50.1 Å². The van der Waals surface area contributed by atoms with Crippen molar-refractivity contribution in [2.24, 2.45) is 10.8 Å². The molecular formula is C47H56O8S. The van der Waals surface area contributed by atoms with E-state index >= 15 is 0 Å². The molecule has 0 atom stereocenters. The second kappa shape index (κ2) is 18.8. The molecule has 8 nitrogen and oxygen atoms in total. The first-order valence-electron chi connectivity index (χ1n) is 18.5. The van der Waals surface area contributed by atoms with E-state index in [4.69, 9.17) is 23.7 Å². The van der Waals surface area contributed by atoms with E-state index in [1.54, 1.807) is 38.3 Å². The lowest BCUT2D eigenvalue weighted by Crippen LogP contribution is -2.27. The Morgan fingerprint density at radius 3 is 1.54 bits per heavy atom. The fraction of sp³-hybridized carbons (Fsp3) is 0.340. The van der Waals surface area contributed by atoms with Gasteiger partial charge in [0, 0.05) is 22.0 Å². The average molecular weight is 781 g/mol. The number of sulfone groups is 1. The summed E-state index contributed by atoms with van der Waals surface area (Å²) in [4.78, 5) is 12.2. The van der Waals surface area contributed by atoms with Gasteiger partial charge in [-0.3, -0.25) is 0 Å². The highest BCUT2D eigenvalue weighted by Gasteiger charge is 2.23. The maximum atomic E-state index is 13.7. The Kier molecular flexibility index (Phi) is 14.7. The first kappa shape index (κ1) is 43.8. The molecule has 0 amide bonds. The van der Waals surface area contributed by atoms with Crippen molar-refractivity contribution in [1.82, 2.24) is 0 Å². The van der Waals surface area contributed by atoms with Crippen molar-refractivity contribution in [2.75, 3.05) is 33.5 Å². The molecule has 0 aliphatic rings. The number of ether oxygens (including phenoxy) is 5. The zero-order chi connectivity index (χ0) is 41.3. The predicted molar refractivity (Wildman–Crippen MR) is 223 cm³/mol. The first-order valence-corrected chi connectivity index (χ1v) is 20.0. The van der Waals surface area contributed by atoms with Crippen molar-refractivity contribution in [3.05, 3.63) is 138 Å². The number of benzene rings is 4. The summed E-state index contributed by atoms with van der Waals surface area (Å²) in [6.07, 6.45) is 0. The second-order valence-corrected chi connectivity index (χ2v) is 17.8. The number of methoxy groups -OCH3 is 1. The van der Waals surface area contributed by atoms with Crippen LogP contribution in [0.3, 0.4) is 0 Å². The van der Waals surface area contributed by atoms with Gasteiger partial charge in [-0.15, -0.1) is 0 Å². The fourth-order valence-corrected chi connectivity index (χ4v) is 6.88. The molecule has 0 heterocycles. The molecule has 0 bridgehead atoms. The van der Waals surface area contributed by atoms with E-state index in [9.17, 15) is 13.2 Å². The zero-order valence-corrected chi connectivity index (χ0v) is 34.9. The molecule has 0 radical (unpaired) electrons. The molecule has 0 aliphatic heterocycles. The molecule has 56 heavy (non-hydrogen) atoms. The van der Waals surface area contributed by atoms with E-state index in [1.165, 1.54) is 0 Å². The van der Waals surface area contributed by atoms with Gasteiger partial charge in [-0.25, -0.2) is 13.2 Å². The normalized spacial score (nSPS) is 11.9. The Labute approximate surface area is 333 Å². The SMILES string of the molecule is C=C(C)C(=C)OCC(C)(C)COCc1cc(-c2ccc(S(=O)(=O)c3ccc(-c4ccc(C)c(COCC(C)(C)COC(=O)C(=C)C)c4)cc3)cc2)ccc1OC. The lowest BCUT2D eigenvalue weighted by Gasteiger charge is -2.25. The minimum absolute atomic E-state index is 0.205. The van der Waals surface area contributed by atoms with Crippen LogP contribution in [0.1, 0.15) is 58.2 Å². The van der Waals surface area contributed by atoms with Gasteiger partial charge in [-0.2, -0.15) is 0 Å². The van der Waals surface area contributed by atoms with E-state index in [1.807, 2.05) is 82.3 Å². The summed E-state index contributed by atoms with van der Waals surface area (Å²) in [5, 5.41) is 0. The molecule has 0 aliphatic carbocycles. The lowest BCUT2D eigenvalue weighted by molar-refractivity contribution is -0.143. The van der Waals surface area contributed by atoms with Gasteiger partial charge in [-0.05, 0) is 102 Å². The molecule has 9 heteroatoms. The van der Waals surface area contributed by atoms with Crippen LogP contribution in [0.15, 0.2) is 131 Å². The first-order chi connectivity index (χ1) is 26.3. The van der Waals surface area contributed by atoms with Crippen molar-refractivity contribution >= 4 is 15.8 Å². The molecular weight excluding hydrogens is 725 g/mol. The van der Waals surface area contributed by atoms with E-state index in [2.05, 4.69) is 39.7 Å². The number of rotatable bonds is 20. The van der Waals surface area contributed by atoms with Crippen LogP contribution in [0.25, 0.3) is 22.3 Å². The Hall–Kier alpha value is -4.96. The molecule has 0 unspecified atom stereocenters. The fourth-order valence-electron chi connectivity index (χ4n) is 5.61. The molecule has 0 N–H and O–H groups in total. The van der Waals surface area contributed by atoms with Gasteiger partial charge in [0.15, 0.2) is 0 Å². The molecule has 0 saturated heterocycles. The van der Waals surface area contributed by atoms with Crippen molar-refractivity contribution in [1.29, 1.82) is 0 Å². The molecule has 298 valence electrons. The molecule has 4 aromatic carbocycles. The highest BCUT2D eigenvalue weighted by molar-refractivity contribution is 7.91. The highest BCUT2D eigenvalue weighted by Crippen LogP contribution is 2.31. The van der Waals surface area contributed by atoms with Crippen LogP contribution in [-0.2, 0) is 46.8 Å². The summed E-state index contributed by atoms with van der Waals surface area (Å²) in [5.41, 5.74) is 7.11. The van der Waals surface area contributed by atoms with E-state index in [0.717, 1.165) is 44.5 Å². The van der Waals surface area contributed by atoms with Gasteiger partial charge in [-0.1, -0.05) is 89.9 Å². The zero-order valence-electron chi connectivity index (χ0n) is 34.1. The average Bonchev–Trinajstić information content (AvgIpc) is 3.16. The van der Waals surface area contributed by atoms with Crippen LogP contribution in [0.2, 0.25) is 0 Å². The summed E-state index contributed by atoms with van der Waals surface area (Å²) in [5.74, 6) is 0.861. The monoisotopic (exact) mass is 780 g/mol. The van der Waals surface area contributed by atoms with Gasteiger partial charge in [0.1, 0.15) is 11.5 Å². The number of allylic oxidation sites excluding steroid dienone is 1. The van der Waals surface area contributed by atoms with Gasteiger partial charge in [0.05, 0.1) is 56.5 Å². The van der Waals surface area contributed by atoms with Gasteiger partial charge < -0.3 is 23.7 Å². The van der Waals surface area contributed by atoms with Crippen LogP contribution in [-0.4, -0.2) is 47.9 Å². The van der Waals surface area contributed by atoms with Crippen molar-refractivity contribution in [3.63, 3.8) is 0 Å². The number of aryl methyl sites for hydroxylation is 1. The molecule has 4 rings (SSSR count). The van der Waals surface area contributed by atoms with E-state index in [-0.39, 0.29) is 27.2 Å². The van der Waals surface area contributed by atoms with Crippen molar-refractivity contribution in [3.8, 4) is 28.0 Å².